The molecule has 0 aliphatic heterocycles. The molecule has 0 radical (unpaired) electrons. The van der Waals surface area contributed by atoms with E-state index >= 15 is 0 Å². The Kier molecular flexibility index (Phi) is 10.2. The Morgan fingerprint density at radius 1 is 0.969 bits per heavy atom. The van der Waals surface area contributed by atoms with Gasteiger partial charge < -0.3 is 20.3 Å². The molecule has 0 aliphatic carbocycles. The molecular weight excluding hydrogens is 406 g/mol. The van der Waals surface area contributed by atoms with Crippen molar-refractivity contribution in [3.05, 3.63) is 60.2 Å². The summed E-state index contributed by atoms with van der Waals surface area (Å²) in [5.74, 6) is -0.369. The van der Waals surface area contributed by atoms with Crippen molar-refractivity contribution in [3.8, 4) is 5.75 Å². The summed E-state index contributed by atoms with van der Waals surface area (Å²) >= 11 is 0. The van der Waals surface area contributed by atoms with Gasteiger partial charge in [0.15, 0.2) is 0 Å². The molecule has 32 heavy (non-hydrogen) atoms. The Bertz CT molecular complexity index is 869. The molecule has 2 rings (SSSR count). The highest BCUT2D eigenvalue weighted by Crippen LogP contribution is 2.22. The number of nitrogens with one attached hydrogen (secondary N) is 2. The number of methoxy groups -OCH3 is 1. The maximum Gasteiger partial charge on any atom is 0.243 e. The molecule has 0 bridgehead atoms. The number of nitrogens with zero attached hydrogens (tertiary/aromatic N) is 1. The second kappa shape index (κ2) is 13.1. The molecule has 7 nitrogen and oxygen atoms in total. The third-order valence-corrected chi connectivity index (χ3v) is 5.16. The number of rotatable bonds is 12. The van der Waals surface area contributed by atoms with E-state index in [4.69, 9.17) is 4.74 Å². The lowest BCUT2D eigenvalue weighted by atomic mass is 9.95. The molecule has 0 aliphatic rings. The van der Waals surface area contributed by atoms with E-state index in [9.17, 15) is 14.4 Å². The van der Waals surface area contributed by atoms with Crippen LogP contribution in [0.2, 0.25) is 0 Å². The minimum Gasteiger partial charge on any atom is -0.497 e. The Morgan fingerprint density at radius 2 is 1.66 bits per heavy atom. The molecule has 1 atom stereocenters. The standard InChI is InChI=1S/C25H33N3O4/c1-4-6-16-28(25(31)22(5-2)19-10-8-7-9-11-19)18-24(30)26-17-23(29)27-20-12-14-21(32-3)15-13-20/h7-15,22H,4-6,16-18H2,1-3H3,(H,26,30)(H,27,29). The van der Waals surface area contributed by atoms with Crippen molar-refractivity contribution in [2.75, 3.05) is 32.1 Å². The first-order valence-corrected chi connectivity index (χ1v) is 11.0. The summed E-state index contributed by atoms with van der Waals surface area (Å²) in [6.45, 7) is 4.27. The van der Waals surface area contributed by atoms with Gasteiger partial charge in [-0.15, -0.1) is 0 Å². The number of anilines is 1. The fourth-order valence-corrected chi connectivity index (χ4v) is 3.36. The summed E-state index contributed by atoms with van der Waals surface area (Å²) in [5.41, 5.74) is 1.55. The van der Waals surface area contributed by atoms with Gasteiger partial charge in [0.25, 0.3) is 0 Å². The van der Waals surface area contributed by atoms with Crippen LogP contribution in [-0.4, -0.2) is 49.4 Å². The van der Waals surface area contributed by atoms with Crippen LogP contribution in [0.3, 0.4) is 0 Å². The van der Waals surface area contributed by atoms with Gasteiger partial charge >= 0.3 is 0 Å². The molecule has 3 amide bonds. The van der Waals surface area contributed by atoms with Gasteiger partial charge in [-0.25, -0.2) is 0 Å². The second-order valence-corrected chi connectivity index (χ2v) is 7.54. The van der Waals surface area contributed by atoms with E-state index in [-0.39, 0.29) is 36.7 Å². The van der Waals surface area contributed by atoms with Crippen molar-refractivity contribution in [3.63, 3.8) is 0 Å². The molecule has 0 spiro atoms. The molecule has 0 aromatic heterocycles. The van der Waals surface area contributed by atoms with Crippen LogP contribution < -0.4 is 15.4 Å². The van der Waals surface area contributed by atoms with Gasteiger partial charge in [-0.05, 0) is 42.7 Å². The van der Waals surface area contributed by atoms with Crippen LogP contribution in [0.1, 0.15) is 44.6 Å². The van der Waals surface area contributed by atoms with Crippen LogP contribution in [0.5, 0.6) is 5.75 Å². The van der Waals surface area contributed by atoms with E-state index in [1.54, 1.807) is 36.3 Å². The first-order chi connectivity index (χ1) is 15.5. The number of hydrogen-bond donors (Lipinski definition) is 2. The van der Waals surface area contributed by atoms with E-state index in [1.807, 2.05) is 44.2 Å². The van der Waals surface area contributed by atoms with Gasteiger partial charge in [-0.3, -0.25) is 14.4 Å². The molecule has 0 heterocycles. The minimum absolute atomic E-state index is 0.0648. The summed E-state index contributed by atoms with van der Waals surface area (Å²) in [6, 6.07) is 16.5. The molecular formula is C25H33N3O4. The van der Waals surface area contributed by atoms with Crippen molar-refractivity contribution >= 4 is 23.4 Å². The SMILES string of the molecule is CCCCN(CC(=O)NCC(=O)Nc1ccc(OC)cc1)C(=O)C(CC)c1ccccc1. The molecule has 0 saturated heterocycles. The molecule has 2 aromatic rings. The van der Waals surface area contributed by atoms with Crippen molar-refractivity contribution in [2.45, 2.75) is 39.0 Å². The quantitative estimate of drug-likeness (QED) is 0.529. The predicted molar refractivity (Wildman–Crippen MR) is 126 cm³/mol. The van der Waals surface area contributed by atoms with Crippen LogP contribution in [0.4, 0.5) is 5.69 Å². The van der Waals surface area contributed by atoms with E-state index in [1.165, 1.54) is 0 Å². The van der Waals surface area contributed by atoms with Crippen LogP contribution >= 0.6 is 0 Å². The fraction of sp³-hybridized carbons (Fsp3) is 0.400. The number of carbonyl (C=O) groups excluding carboxylic acids is 3. The molecule has 172 valence electrons. The number of hydrogen-bond acceptors (Lipinski definition) is 4. The number of unbranched alkanes of at least 4 members (excludes halogenated alkanes) is 1. The minimum atomic E-state index is -0.359. The topological polar surface area (TPSA) is 87.7 Å². The summed E-state index contributed by atoms with van der Waals surface area (Å²) in [7, 11) is 1.57. The van der Waals surface area contributed by atoms with Gasteiger partial charge in [-0.1, -0.05) is 50.6 Å². The Balaban J connectivity index is 1.93. The third kappa shape index (κ3) is 7.72. The number of amides is 3. The van der Waals surface area contributed by atoms with Gasteiger partial charge in [-0.2, -0.15) is 0 Å². The third-order valence-electron chi connectivity index (χ3n) is 5.16. The van der Waals surface area contributed by atoms with Crippen molar-refractivity contribution < 1.29 is 19.1 Å². The highest BCUT2D eigenvalue weighted by molar-refractivity contribution is 5.95. The number of ether oxygens (including phenoxy) is 1. The van der Waals surface area contributed by atoms with E-state index in [0.29, 0.717) is 24.4 Å². The van der Waals surface area contributed by atoms with Crippen LogP contribution in [-0.2, 0) is 14.4 Å². The maximum atomic E-state index is 13.2. The maximum absolute atomic E-state index is 13.2. The highest BCUT2D eigenvalue weighted by Gasteiger charge is 2.25. The van der Waals surface area contributed by atoms with Crippen LogP contribution in [0.15, 0.2) is 54.6 Å². The van der Waals surface area contributed by atoms with Gasteiger partial charge in [0.2, 0.25) is 17.7 Å². The zero-order valence-electron chi connectivity index (χ0n) is 19.1. The van der Waals surface area contributed by atoms with Gasteiger partial charge in [0.1, 0.15) is 5.75 Å². The predicted octanol–water partition coefficient (Wildman–Crippen LogP) is 3.57. The number of benzene rings is 2. The summed E-state index contributed by atoms with van der Waals surface area (Å²) in [6.07, 6.45) is 2.37. The number of carbonyl (C=O) groups is 3. The van der Waals surface area contributed by atoms with Crippen molar-refractivity contribution in [1.82, 2.24) is 10.2 Å². The van der Waals surface area contributed by atoms with Crippen molar-refractivity contribution in [2.24, 2.45) is 0 Å². The molecule has 0 fully saturated rings. The Morgan fingerprint density at radius 3 is 2.25 bits per heavy atom. The summed E-state index contributed by atoms with van der Waals surface area (Å²) < 4.78 is 5.09. The van der Waals surface area contributed by atoms with Crippen molar-refractivity contribution in [1.29, 1.82) is 0 Å². The Labute approximate surface area is 190 Å². The molecule has 2 aromatic carbocycles. The van der Waals surface area contributed by atoms with E-state index < -0.39 is 0 Å². The monoisotopic (exact) mass is 439 g/mol. The van der Waals surface area contributed by atoms with Crippen LogP contribution in [0.25, 0.3) is 0 Å². The van der Waals surface area contributed by atoms with Gasteiger partial charge in [0, 0.05) is 12.2 Å². The second-order valence-electron chi connectivity index (χ2n) is 7.54. The largest absolute Gasteiger partial charge is 0.497 e. The van der Waals surface area contributed by atoms with E-state index in [0.717, 1.165) is 18.4 Å². The lowest BCUT2D eigenvalue weighted by Crippen LogP contribution is -2.44. The molecule has 0 saturated carbocycles. The molecule has 1 unspecified atom stereocenters. The zero-order valence-corrected chi connectivity index (χ0v) is 19.1. The van der Waals surface area contributed by atoms with Crippen LogP contribution in [0, 0.1) is 0 Å². The normalized spacial score (nSPS) is 11.3. The summed E-state index contributed by atoms with van der Waals surface area (Å²) in [4.78, 5) is 39.5. The lowest BCUT2D eigenvalue weighted by molar-refractivity contribution is -0.137. The molecule has 7 heteroatoms. The molecule has 2 N–H and O–H groups in total. The zero-order chi connectivity index (χ0) is 23.3. The fourth-order valence-electron chi connectivity index (χ4n) is 3.36. The Hall–Kier alpha value is -3.35. The average Bonchev–Trinajstić information content (AvgIpc) is 2.82. The lowest BCUT2D eigenvalue weighted by Gasteiger charge is -2.27. The smallest absolute Gasteiger partial charge is 0.243 e. The van der Waals surface area contributed by atoms with E-state index in [2.05, 4.69) is 10.6 Å². The first-order valence-electron chi connectivity index (χ1n) is 11.0. The average molecular weight is 440 g/mol. The van der Waals surface area contributed by atoms with Gasteiger partial charge in [0.05, 0.1) is 26.1 Å². The first kappa shape index (κ1) is 24.9. The highest BCUT2D eigenvalue weighted by atomic mass is 16.5. The summed E-state index contributed by atoms with van der Waals surface area (Å²) in [5, 5.41) is 5.33.